The lowest BCUT2D eigenvalue weighted by molar-refractivity contribution is 0.0954. The van der Waals surface area contributed by atoms with Gasteiger partial charge in [-0.2, -0.15) is 0 Å². The van der Waals surface area contributed by atoms with Crippen LogP contribution in [0.25, 0.3) is 0 Å². The van der Waals surface area contributed by atoms with Gasteiger partial charge in [-0.15, -0.1) is 0 Å². The standard InChI is InChI=1S/C18H18FN3O3S/c1-10-15(12(3)25-21-10)9-22-11(2)16(26-18(22)24)17(23)20-8-13-4-6-14(19)7-5-13/h4-7H,8-9H2,1-3H3,(H,20,23). The van der Waals surface area contributed by atoms with Gasteiger partial charge in [-0.1, -0.05) is 28.6 Å². The minimum atomic E-state index is -0.328. The number of carbonyl (C=O) groups excluding carboxylic acids is 1. The van der Waals surface area contributed by atoms with E-state index in [1.165, 1.54) is 12.1 Å². The summed E-state index contributed by atoms with van der Waals surface area (Å²) >= 11 is 0.905. The number of halogens is 1. The molecule has 0 aliphatic carbocycles. The van der Waals surface area contributed by atoms with Crippen molar-refractivity contribution in [1.82, 2.24) is 15.0 Å². The van der Waals surface area contributed by atoms with Crippen molar-refractivity contribution < 1.29 is 13.7 Å². The molecule has 1 amide bonds. The average Bonchev–Trinajstić information content (AvgIpc) is 3.08. The van der Waals surface area contributed by atoms with Crippen LogP contribution in [0.3, 0.4) is 0 Å². The van der Waals surface area contributed by atoms with Gasteiger partial charge in [0.05, 0.1) is 12.2 Å². The lowest BCUT2D eigenvalue weighted by Gasteiger charge is -2.07. The zero-order valence-electron chi connectivity index (χ0n) is 14.6. The van der Waals surface area contributed by atoms with Crippen molar-refractivity contribution in [2.24, 2.45) is 0 Å². The van der Waals surface area contributed by atoms with Crippen molar-refractivity contribution >= 4 is 17.2 Å². The van der Waals surface area contributed by atoms with Crippen LogP contribution < -0.4 is 10.2 Å². The maximum Gasteiger partial charge on any atom is 0.308 e. The van der Waals surface area contributed by atoms with Gasteiger partial charge in [0.25, 0.3) is 5.91 Å². The third-order valence-corrected chi connectivity index (χ3v) is 5.29. The van der Waals surface area contributed by atoms with Crippen molar-refractivity contribution in [2.45, 2.75) is 33.9 Å². The van der Waals surface area contributed by atoms with Crippen molar-refractivity contribution in [3.63, 3.8) is 0 Å². The Morgan fingerprint density at radius 1 is 1.27 bits per heavy atom. The van der Waals surface area contributed by atoms with Gasteiger partial charge in [0.15, 0.2) is 0 Å². The first kappa shape index (κ1) is 18.1. The largest absolute Gasteiger partial charge is 0.361 e. The van der Waals surface area contributed by atoms with E-state index in [1.54, 1.807) is 30.5 Å². The fourth-order valence-corrected chi connectivity index (χ4v) is 3.53. The molecule has 0 spiro atoms. The fraction of sp³-hybridized carbons (Fsp3) is 0.278. The summed E-state index contributed by atoms with van der Waals surface area (Å²) in [6, 6.07) is 5.89. The normalized spacial score (nSPS) is 10.9. The van der Waals surface area contributed by atoms with Gasteiger partial charge in [0.1, 0.15) is 16.5 Å². The smallest absolute Gasteiger partial charge is 0.308 e. The fourth-order valence-electron chi connectivity index (χ4n) is 2.62. The molecule has 2 heterocycles. The van der Waals surface area contributed by atoms with E-state index in [-0.39, 0.29) is 23.1 Å². The second-order valence-corrected chi connectivity index (χ2v) is 6.94. The minimum Gasteiger partial charge on any atom is -0.361 e. The van der Waals surface area contributed by atoms with E-state index in [0.29, 0.717) is 22.9 Å². The van der Waals surface area contributed by atoms with E-state index in [2.05, 4.69) is 10.5 Å². The maximum absolute atomic E-state index is 12.9. The van der Waals surface area contributed by atoms with Crippen LogP contribution in [0.2, 0.25) is 0 Å². The molecule has 2 aromatic heterocycles. The first-order valence-electron chi connectivity index (χ1n) is 8.01. The molecule has 8 heteroatoms. The Kier molecular flexibility index (Phi) is 5.03. The average molecular weight is 375 g/mol. The summed E-state index contributed by atoms with van der Waals surface area (Å²) in [6.07, 6.45) is 0. The highest BCUT2D eigenvalue weighted by atomic mass is 32.1. The van der Waals surface area contributed by atoms with Crippen molar-refractivity contribution in [2.75, 3.05) is 0 Å². The van der Waals surface area contributed by atoms with Gasteiger partial charge >= 0.3 is 4.87 Å². The molecule has 3 aromatic rings. The Balaban J connectivity index is 1.77. The number of hydrogen-bond acceptors (Lipinski definition) is 5. The number of hydrogen-bond donors (Lipinski definition) is 1. The number of nitrogens with one attached hydrogen (secondary N) is 1. The van der Waals surface area contributed by atoms with Crippen LogP contribution in [-0.4, -0.2) is 15.6 Å². The Bertz CT molecular complexity index is 982. The van der Waals surface area contributed by atoms with Gasteiger partial charge in [0, 0.05) is 17.8 Å². The van der Waals surface area contributed by atoms with Crippen LogP contribution in [0.1, 0.15) is 37.9 Å². The molecular formula is C18H18FN3O3S. The number of rotatable bonds is 5. The highest BCUT2D eigenvalue weighted by Crippen LogP contribution is 2.18. The third-order valence-electron chi connectivity index (χ3n) is 4.21. The molecule has 0 fully saturated rings. The molecule has 0 saturated carbocycles. The summed E-state index contributed by atoms with van der Waals surface area (Å²) < 4.78 is 19.6. The van der Waals surface area contributed by atoms with E-state index < -0.39 is 0 Å². The van der Waals surface area contributed by atoms with E-state index >= 15 is 0 Å². The quantitative estimate of drug-likeness (QED) is 0.744. The summed E-state index contributed by atoms with van der Waals surface area (Å²) in [5.41, 5.74) is 2.94. The SMILES string of the molecule is Cc1noc(C)c1Cn1c(C)c(C(=O)NCc2ccc(F)cc2)sc1=O. The third kappa shape index (κ3) is 3.60. The molecule has 0 saturated heterocycles. The molecule has 6 nitrogen and oxygen atoms in total. The van der Waals surface area contributed by atoms with Crippen molar-refractivity contribution in [3.8, 4) is 0 Å². The van der Waals surface area contributed by atoms with Crippen LogP contribution in [0.5, 0.6) is 0 Å². The van der Waals surface area contributed by atoms with Crippen LogP contribution in [0.4, 0.5) is 4.39 Å². The number of carbonyl (C=O) groups is 1. The van der Waals surface area contributed by atoms with E-state index in [0.717, 1.165) is 28.2 Å². The topological polar surface area (TPSA) is 77.1 Å². The van der Waals surface area contributed by atoms with E-state index in [1.807, 2.05) is 6.92 Å². The summed E-state index contributed by atoms with van der Waals surface area (Å²) in [4.78, 5) is 24.9. The van der Waals surface area contributed by atoms with Crippen LogP contribution >= 0.6 is 11.3 Å². The van der Waals surface area contributed by atoms with Gasteiger partial charge < -0.3 is 9.84 Å². The van der Waals surface area contributed by atoms with E-state index in [9.17, 15) is 14.0 Å². The van der Waals surface area contributed by atoms with Crippen molar-refractivity contribution in [1.29, 1.82) is 0 Å². The van der Waals surface area contributed by atoms with Gasteiger partial charge in [-0.25, -0.2) is 4.39 Å². The highest BCUT2D eigenvalue weighted by Gasteiger charge is 2.19. The summed E-state index contributed by atoms with van der Waals surface area (Å²) in [6.45, 7) is 5.91. The first-order chi connectivity index (χ1) is 12.4. The number of nitrogens with zero attached hydrogens (tertiary/aromatic N) is 2. The molecule has 1 N–H and O–H groups in total. The molecule has 0 bridgehead atoms. The predicted octanol–water partition coefficient (Wildman–Crippen LogP) is 2.94. The summed E-state index contributed by atoms with van der Waals surface area (Å²) in [5.74, 6) is -0.000659. The number of thiazole rings is 1. The zero-order chi connectivity index (χ0) is 18.8. The Hall–Kier alpha value is -2.74. The minimum absolute atomic E-state index is 0.213. The van der Waals surface area contributed by atoms with E-state index in [4.69, 9.17) is 4.52 Å². The van der Waals surface area contributed by atoms with Crippen LogP contribution in [-0.2, 0) is 13.1 Å². The predicted molar refractivity (Wildman–Crippen MR) is 96.0 cm³/mol. The molecule has 136 valence electrons. The molecule has 0 radical (unpaired) electrons. The van der Waals surface area contributed by atoms with Gasteiger partial charge in [0.2, 0.25) is 0 Å². The number of amides is 1. The number of aryl methyl sites for hydroxylation is 2. The molecule has 3 rings (SSSR count). The Labute approximate surface area is 153 Å². The molecule has 0 aliphatic heterocycles. The first-order valence-corrected chi connectivity index (χ1v) is 8.83. The lowest BCUT2D eigenvalue weighted by atomic mass is 10.2. The number of benzene rings is 1. The van der Waals surface area contributed by atoms with Gasteiger partial charge in [-0.05, 0) is 38.5 Å². The van der Waals surface area contributed by atoms with Gasteiger partial charge in [-0.3, -0.25) is 14.2 Å². The summed E-state index contributed by atoms with van der Waals surface area (Å²) in [7, 11) is 0. The van der Waals surface area contributed by atoms with Crippen LogP contribution in [0.15, 0.2) is 33.6 Å². The molecule has 0 unspecified atom stereocenters. The monoisotopic (exact) mass is 375 g/mol. The lowest BCUT2D eigenvalue weighted by Crippen LogP contribution is -2.23. The molecular weight excluding hydrogens is 357 g/mol. The van der Waals surface area contributed by atoms with Crippen LogP contribution in [0, 0.1) is 26.6 Å². The van der Waals surface area contributed by atoms with Crippen molar-refractivity contribution in [3.05, 3.63) is 72.9 Å². The molecule has 1 aromatic carbocycles. The summed E-state index contributed by atoms with van der Waals surface area (Å²) in [5, 5.41) is 6.65. The molecule has 0 atom stereocenters. The highest BCUT2D eigenvalue weighted by molar-refractivity contribution is 7.11. The Morgan fingerprint density at radius 3 is 2.58 bits per heavy atom. The number of aromatic nitrogens is 2. The second kappa shape index (κ2) is 7.25. The zero-order valence-corrected chi connectivity index (χ0v) is 15.4. The maximum atomic E-state index is 12.9. The second-order valence-electron chi connectivity index (χ2n) is 5.98. The Morgan fingerprint density at radius 2 is 1.96 bits per heavy atom. The molecule has 0 aliphatic rings. The molecule has 26 heavy (non-hydrogen) atoms.